The second-order valence-electron chi connectivity index (χ2n) is 5.60. The summed E-state index contributed by atoms with van der Waals surface area (Å²) in [6.07, 6.45) is 2.01. The molecule has 1 rings (SSSR count). The molecule has 2 nitrogen and oxygen atoms in total. The Kier molecular flexibility index (Phi) is 4.73. The minimum Gasteiger partial charge on any atom is -0.356 e. The highest BCUT2D eigenvalue weighted by Crippen LogP contribution is 2.12. The molecule has 1 aromatic carbocycles. The van der Waals surface area contributed by atoms with E-state index in [4.69, 9.17) is 0 Å². The number of amides is 1. The first-order chi connectivity index (χ1) is 7.89. The van der Waals surface area contributed by atoms with Gasteiger partial charge < -0.3 is 5.32 Å². The van der Waals surface area contributed by atoms with Gasteiger partial charge in [0.1, 0.15) is 0 Å². The van der Waals surface area contributed by atoms with Gasteiger partial charge in [-0.15, -0.1) is 0 Å². The van der Waals surface area contributed by atoms with E-state index in [2.05, 4.69) is 36.5 Å². The van der Waals surface area contributed by atoms with Crippen LogP contribution in [-0.2, 0) is 11.2 Å². The summed E-state index contributed by atoms with van der Waals surface area (Å²) in [7, 11) is 0. The number of hydrogen-bond acceptors (Lipinski definition) is 1. The molecule has 1 aromatic rings. The molecule has 0 atom stereocenters. The van der Waals surface area contributed by atoms with E-state index in [9.17, 15) is 4.79 Å². The van der Waals surface area contributed by atoms with E-state index < -0.39 is 0 Å². The number of aryl methyl sites for hydroxylation is 2. The van der Waals surface area contributed by atoms with Crippen molar-refractivity contribution in [2.24, 2.45) is 5.41 Å². The molecule has 0 unspecified atom stereocenters. The molecule has 0 radical (unpaired) electrons. The minimum absolute atomic E-state index is 0.126. The third kappa shape index (κ3) is 5.03. The number of rotatable bonds is 4. The van der Waals surface area contributed by atoms with Gasteiger partial charge in [0.25, 0.3) is 0 Å². The second kappa shape index (κ2) is 5.85. The molecule has 0 spiro atoms. The van der Waals surface area contributed by atoms with Gasteiger partial charge in [0.15, 0.2) is 0 Å². The normalized spacial score (nSPS) is 11.3. The van der Waals surface area contributed by atoms with Crippen molar-refractivity contribution >= 4 is 5.91 Å². The summed E-state index contributed by atoms with van der Waals surface area (Å²) in [6, 6.07) is 8.56. The van der Waals surface area contributed by atoms with Crippen LogP contribution in [0.4, 0.5) is 0 Å². The van der Waals surface area contributed by atoms with E-state index in [1.165, 1.54) is 11.1 Å². The van der Waals surface area contributed by atoms with Crippen LogP contribution in [-0.4, -0.2) is 12.5 Å². The van der Waals surface area contributed by atoms with Gasteiger partial charge in [-0.1, -0.05) is 50.6 Å². The second-order valence-corrected chi connectivity index (χ2v) is 5.60. The highest BCUT2D eigenvalue weighted by atomic mass is 16.2. The smallest absolute Gasteiger partial charge is 0.225 e. The topological polar surface area (TPSA) is 29.1 Å². The molecule has 0 bridgehead atoms. The zero-order valence-corrected chi connectivity index (χ0v) is 11.3. The van der Waals surface area contributed by atoms with Gasteiger partial charge in [0.2, 0.25) is 5.91 Å². The first-order valence-electron chi connectivity index (χ1n) is 6.23. The van der Waals surface area contributed by atoms with Crippen LogP contribution in [0.3, 0.4) is 0 Å². The molecule has 1 N–H and O–H groups in total. The Morgan fingerprint density at radius 2 is 1.76 bits per heavy atom. The summed E-state index contributed by atoms with van der Waals surface area (Å²) in [5, 5.41) is 2.97. The number of hydrogen-bond donors (Lipinski definition) is 1. The van der Waals surface area contributed by atoms with Crippen molar-refractivity contribution in [3.63, 3.8) is 0 Å². The van der Waals surface area contributed by atoms with Gasteiger partial charge in [-0.25, -0.2) is 0 Å². The van der Waals surface area contributed by atoms with Crippen LogP contribution in [0.15, 0.2) is 24.3 Å². The van der Waals surface area contributed by atoms with Gasteiger partial charge in [0.05, 0.1) is 0 Å². The fourth-order valence-electron chi connectivity index (χ4n) is 1.51. The number of benzene rings is 1. The number of nitrogens with one attached hydrogen (secondary N) is 1. The van der Waals surface area contributed by atoms with Crippen LogP contribution in [0.2, 0.25) is 0 Å². The molecule has 0 aliphatic carbocycles. The lowest BCUT2D eigenvalue weighted by atomic mass is 9.95. The van der Waals surface area contributed by atoms with Gasteiger partial charge >= 0.3 is 0 Å². The summed E-state index contributed by atoms with van der Waals surface area (Å²) >= 11 is 0. The molecule has 0 aliphatic rings. The van der Waals surface area contributed by atoms with E-state index in [-0.39, 0.29) is 11.3 Å². The monoisotopic (exact) mass is 233 g/mol. The van der Waals surface area contributed by atoms with Crippen LogP contribution in [0.5, 0.6) is 0 Å². The molecule has 94 valence electrons. The Labute approximate surface area is 104 Å². The van der Waals surface area contributed by atoms with Crippen molar-refractivity contribution in [3.05, 3.63) is 35.4 Å². The van der Waals surface area contributed by atoms with Crippen molar-refractivity contribution in [3.8, 4) is 0 Å². The Morgan fingerprint density at radius 1 is 1.18 bits per heavy atom. The SMILES string of the molecule is Cc1ccc(CCCNC(=O)C(C)(C)C)cc1. The Hall–Kier alpha value is -1.31. The molecule has 0 saturated carbocycles. The molecule has 1 amide bonds. The molecule has 0 fully saturated rings. The molecule has 0 aliphatic heterocycles. The quantitative estimate of drug-likeness (QED) is 0.796. The highest BCUT2D eigenvalue weighted by molar-refractivity contribution is 5.81. The maximum Gasteiger partial charge on any atom is 0.225 e. The Balaban J connectivity index is 2.25. The van der Waals surface area contributed by atoms with E-state index in [1.54, 1.807) is 0 Å². The molecule has 17 heavy (non-hydrogen) atoms. The minimum atomic E-state index is -0.288. The van der Waals surface area contributed by atoms with Crippen LogP contribution in [0, 0.1) is 12.3 Å². The lowest BCUT2D eigenvalue weighted by Gasteiger charge is -2.17. The molecular formula is C15H23NO. The standard InChI is InChI=1S/C15H23NO/c1-12-7-9-13(10-8-12)6-5-11-16-14(17)15(2,3)4/h7-10H,5-6,11H2,1-4H3,(H,16,17). The zero-order chi connectivity index (χ0) is 12.9. The van der Waals surface area contributed by atoms with Crippen LogP contribution >= 0.6 is 0 Å². The van der Waals surface area contributed by atoms with E-state index in [0.29, 0.717) is 0 Å². The first-order valence-corrected chi connectivity index (χ1v) is 6.23. The highest BCUT2D eigenvalue weighted by Gasteiger charge is 2.19. The third-order valence-electron chi connectivity index (χ3n) is 2.73. The molecular weight excluding hydrogens is 210 g/mol. The predicted octanol–water partition coefficient (Wildman–Crippen LogP) is 3.09. The largest absolute Gasteiger partial charge is 0.356 e. The van der Waals surface area contributed by atoms with Crippen molar-refractivity contribution in [2.45, 2.75) is 40.5 Å². The van der Waals surface area contributed by atoms with Gasteiger partial charge in [-0.2, -0.15) is 0 Å². The van der Waals surface area contributed by atoms with E-state index in [0.717, 1.165) is 19.4 Å². The predicted molar refractivity (Wildman–Crippen MR) is 72.0 cm³/mol. The van der Waals surface area contributed by atoms with Crippen molar-refractivity contribution in [1.29, 1.82) is 0 Å². The maximum atomic E-state index is 11.6. The fraction of sp³-hybridized carbons (Fsp3) is 0.533. The summed E-state index contributed by atoms with van der Waals surface area (Å²) < 4.78 is 0. The number of carbonyl (C=O) groups is 1. The van der Waals surface area contributed by atoms with Crippen molar-refractivity contribution in [1.82, 2.24) is 5.32 Å². The van der Waals surface area contributed by atoms with Gasteiger partial charge in [-0.05, 0) is 25.3 Å². The third-order valence-corrected chi connectivity index (χ3v) is 2.73. The van der Waals surface area contributed by atoms with E-state index >= 15 is 0 Å². The van der Waals surface area contributed by atoms with Crippen molar-refractivity contribution < 1.29 is 4.79 Å². The fourth-order valence-corrected chi connectivity index (χ4v) is 1.51. The van der Waals surface area contributed by atoms with Gasteiger partial charge in [-0.3, -0.25) is 4.79 Å². The summed E-state index contributed by atoms with van der Waals surface area (Å²) in [4.78, 5) is 11.6. The average Bonchev–Trinajstić information content (AvgIpc) is 2.25. The van der Waals surface area contributed by atoms with Crippen LogP contribution in [0.1, 0.15) is 38.3 Å². The summed E-state index contributed by atoms with van der Waals surface area (Å²) in [5.41, 5.74) is 2.33. The first kappa shape index (κ1) is 13.8. The van der Waals surface area contributed by atoms with Gasteiger partial charge in [0, 0.05) is 12.0 Å². The summed E-state index contributed by atoms with van der Waals surface area (Å²) in [5.74, 6) is 0.126. The molecule has 0 aromatic heterocycles. The summed E-state index contributed by atoms with van der Waals surface area (Å²) in [6.45, 7) is 8.64. The molecule has 2 heteroatoms. The zero-order valence-electron chi connectivity index (χ0n) is 11.3. The lowest BCUT2D eigenvalue weighted by Crippen LogP contribution is -2.35. The Morgan fingerprint density at radius 3 is 2.29 bits per heavy atom. The van der Waals surface area contributed by atoms with Crippen LogP contribution < -0.4 is 5.32 Å². The van der Waals surface area contributed by atoms with Crippen molar-refractivity contribution in [2.75, 3.05) is 6.54 Å². The number of carbonyl (C=O) groups excluding carboxylic acids is 1. The Bertz CT molecular complexity index is 360. The average molecular weight is 233 g/mol. The van der Waals surface area contributed by atoms with E-state index in [1.807, 2.05) is 20.8 Å². The van der Waals surface area contributed by atoms with Crippen LogP contribution in [0.25, 0.3) is 0 Å². The molecule has 0 heterocycles. The maximum absolute atomic E-state index is 11.6. The lowest BCUT2D eigenvalue weighted by molar-refractivity contribution is -0.128. The molecule has 0 saturated heterocycles.